The zero-order valence-electron chi connectivity index (χ0n) is 20.0. The molecule has 4 rings (SSSR count). The Bertz CT molecular complexity index is 1360. The monoisotopic (exact) mass is 530 g/mol. The van der Waals surface area contributed by atoms with Gasteiger partial charge in [-0.2, -0.15) is 4.98 Å². The van der Waals surface area contributed by atoms with E-state index in [1.165, 1.54) is 31.3 Å². The number of hydrogen-bond donors (Lipinski definition) is 3. The van der Waals surface area contributed by atoms with Crippen molar-refractivity contribution in [2.75, 3.05) is 50.0 Å². The van der Waals surface area contributed by atoms with Gasteiger partial charge in [0.15, 0.2) is 5.82 Å². The highest BCUT2D eigenvalue weighted by atomic mass is 35.5. The molecule has 1 fully saturated rings. The number of rotatable bonds is 7. The van der Waals surface area contributed by atoms with Crippen LogP contribution >= 0.6 is 11.6 Å². The first-order chi connectivity index (χ1) is 17.7. The topological polar surface area (TPSA) is 111 Å². The maximum Gasteiger partial charge on any atom is 0.246 e. The van der Waals surface area contributed by atoms with Crippen molar-refractivity contribution in [3.63, 3.8) is 0 Å². The van der Waals surface area contributed by atoms with Crippen LogP contribution < -0.4 is 15.5 Å². The lowest BCUT2D eigenvalue weighted by Crippen LogP contribution is -2.48. The SMILES string of the molecule is C=CC(=O)N1CCN(c2nc(NCCC(=O)NC)nc3c(F)c(-c4c(O)cccc4F)c(Cl)cc23)CC1. The number of phenols is 1. The van der Waals surface area contributed by atoms with Crippen LogP contribution in [0.25, 0.3) is 22.0 Å². The Hall–Kier alpha value is -3.99. The Morgan fingerprint density at radius 3 is 2.57 bits per heavy atom. The maximum absolute atomic E-state index is 16.0. The van der Waals surface area contributed by atoms with Crippen molar-refractivity contribution in [2.45, 2.75) is 6.42 Å². The van der Waals surface area contributed by atoms with Crippen molar-refractivity contribution in [1.29, 1.82) is 0 Å². The molecule has 12 heteroatoms. The molecule has 2 heterocycles. The van der Waals surface area contributed by atoms with Gasteiger partial charge in [-0.25, -0.2) is 13.8 Å². The van der Waals surface area contributed by atoms with Crippen LogP contribution in [-0.2, 0) is 9.59 Å². The van der Waals surface area contributed by atoms with E-state index in [1.54, 1.807) is 4.90 Å². The molecule has 1 saturated heterocycles. The minimum atomic E-state index is -0.929. The van der Waals surface area contributed by atoms with Crippen LogP contribution in [0, 0.1) is 11.6 Å². The molecule has 1 aliphatic heterocycles. The van der Waals surface area contributed by atoms with Crippen LogP contribution in [0.1, 0.15) is 6.42 Å². The Balaban J connectivity index is 1.82. The summed E-state index contributed by atoms with van der Waals surface area (Å²) < 4.78 is 30.6. The van der Waals surface area contributed by atoms with Gasteiger partial charge in [0.05, 0.1) is 10.6 Å². The molecule has 3 N–H and O–H groups in total. The van der Waals surface area contributed by atoms with Crippen LogP contribution in [0.5, 0.6) is 5.75 Å². The molecule has 0 spiro atoms. The molecule has 0 saturated carbocycles. The summed E-state index contributed by atoms with van der Waals surface area (Å²) >= 11 is 6.44. The second kappa shape index (κ2) is 11.0. The molecule has 194 valence electrons. The lowest BCUT2D eigenvalue weighted by atomic mass is 10.0. The van der Waals surface area contributed by atoms with Gasteiger partial charge in [-0.1, -0.05) is 24.2 Å². The fourth-order valence-electron chi connectivity index (χ4n) is 4.17. The third kappa shape index (κ3) is 5.26. The maximum atomic E-state index is 16.0. The molecule has 3 aromatic rings. The quantitative estimate of drug-likeness (QED) is 0.402. The summed E-state index contributed by atoms with van der Waals surface area (Å²) in [5.74, 6) is -2.22. The van der Waals surface area contributed by atoms with Crippen LogP contribution in [-0.4, -0.2) is 71.6 Å². The van der Waals surface area contributed by atoms with Crippen molar-refractivity contribution < 1.29 is 23.5 Å². The minimum absolute atomic E-state index is 0.0564. The number of aromatic hydroxyl groups is 1. The molecule has 1 aromatic heterocycles. The predicted molar refractivity (Wildman–Crippen MR) is 138 cm³/mol. The molecule has 37 heavy (non-hydrogen) atoms. The molecule has 9 nitrogen and oxygen atoms in total. The van der Waals surface area contributed by atoms with Crippen molar-refractivity contribution in [3.8, 4) is 16.9 Å². The van der Waals surface area contributed by atoms with E-state index in [1.807, 2.05) is 4.90 Å². The molecule has 2 amide bonds. The Morgan fingerprint density at radius 1 is 1.19 bits per heavy atom. The summed E-state index contributed by atoms with van der Waals surface area (Å²) in [5, 5.41) is 15.9. The Kier molecular flexibility index (Phi) is 7.72. The van der Waals surface area contributed by atoms with E-state index in [2.05, 4.69) is 27.2 Å². The number of piperazine rings is 1. The van der Waals surface area contributed by atoms with E-state index in [-0.39, 0.29) is 57.8 Å². The van der Waals surface area contributed by atoms with Crippen LogP contribution in [0.4, 0.5) is 20.5 Å². The molecule has 0 bridgehead atoms. The Morgan fingerprint density at radius 2 is 1.92 bits per heavy atom. The molecular weight excluding hydrogens is 506 g/mol. The van der Waals surface area contributed by atoms with Crippen molar-refractivity contribution in [2.24, 2.45) is 0 Å². The predicted octanol–water partition coefficient (Wildman–Crippen LogP) is 3.32. The van der Waals surface area contributed by atoms with E-state index >= 15 is 4.39 Å². The summed E-state index contributed by atoms with van der Waals surface area (Å²) in [6, 6.07) is 5.06. The zero-order valence-corrected chi connectivity index (χ0v) is 20.8. The lowest BCUT2D eigenvalue weighted by Gasteiger charge is -2.35. The number of carbonyl (C=O) groups excluding carboxylic acids is 2. The number of benzene rings is 2. The second-order valence-corrected chi connectivity index (χ2v) is 8.72. The number of halogens is 3. The molecule has 0 unspecified atom stereocenters. The second-order valence-electron chi connectivity index (χ2n) is 8.31. The van der Waals surface area contributed by atoms with Gasteiger partial charge in [-0.15, -0.1) is 0 Å². The van der Waals surface area contributed by atoms with E-state index < -0.39 is 17.4 Å². The molecule has 0 aliphatic carbocycles. The Labute approximate surface area is 216 Å². The molecule has 0 atom stereocenters. The minimum Gasteiger partial charge on any atom is -0.507 e. The average molecular weight is 531 g/mol. The summed E-state index contributed by atoms with van der Waals surface area (Å²) in [4.78, 5) is 36.0. The smallest absolute Gasteiger partial charge is 0.246 e. The number of anilines is 2. The van der Waals surface area contributed by atoms with Gasteiger partial charge in [0.2, 0.25) is 17.8 Å². The third-order valence-corrected chi connectivity index (χ3v) is 6.38. The largest absolute Gasteiger partial charge is 0.507 e. The van der Waals surface area contributed by atoms with Gasteiger partial charge >= 0.3 is 0 Å². The summed E-state index contributed by atoms with van der Waals surface area (Å²) in [7, 11) is 1.52. The van der Waals surface area contributed by atoms with Crippen molar-refractivity contribution >= 4 is 46.1 Å². The number of phenolic OH excluding ortho intramolecular Hbond substituents is 1. The van der Waals surface area contributed by atoms with Gasteiger partial charge in [-0.05, 0) is 24.3 Å². The number of nitrogens with one attached hydrogen (secondary N) is 2. The first kappa shape index (κ1) is 26.1. The average Bonchev–Trinajstić information content (AvgIpc) is 2.89. The number of amides is 2. The number of aromatic nitrogens is 2. The fourth-order valence-corrected chi connectivity index (χ4v) is 4.46. The van der Waals surface area contributed by atoms with Crippen LogP contribution in [0.15, 0.2) is 36.9 Å². The summed E-state index contributed by atoms with van der Waals surface area (Å²) in [6.07, 6.45) is 1.38. The van der Waals surface area contributed by atoms with E-state index in [0.717, 1.165) is 6.07 Å². The molecule has 2 aromatic carbocycles. The summed E-state index contributed by atoms with van der Waals surface area (Å²) in [5.41, 5.74) is -0.844. The normalized spacial score (nSPS) is 13.5. The number of carbonyl (C=O) groups is 2. The summed E-state index contributed by atoms with van der Waals surface area (Å²) in [6.45, 7) is 5.29. The van der Waals surface area contributed by atoms with Gasteiger partial charge in [0.1, 0.15) is 22.9 Å². The van der Waals surface area contributed by atoms with Gasteiger partial charge in [-0.3, -0.25) is 9.59 Å². The van der Waals surface area contributed by atoms with E-state index in [9.17, 15) is 19.1 Å². The molecule has 1 aliphatic rings. The van der Waals surface area contributed by atoms with Crippen LogP contribution in [0.2, 0.25) is 5.02 Å². The standard InChI is InChI=1S/C25H25ClF2N6O3/c1-3-19(37)33-9-11-34(12-10-33)24-14-13-15(26)20(21-16(27)5-4-6-17(21)35)22(28)23(14)31-25(32-24)30-8-7-18(36)29-2/h3-6,13,35H,1,7-12H2,2H3,(H,29,36)(H,30,31,32). The fraction of sp³-hybridized carbons (Fsp3) is 0.280. The number of fused-ring (bicyclic) bond motifs is 1. The first-order valence-electron chi connectivity index (χ1n) is 11.5. The van der Waals surface area contributed by atoms with Crippen molar-refractivity contribution in [3.05, 3.63) is 53.6 Å². The number of nitrogens with zero attached hydrogens (tertiary/aromatic N) is 4. The third-order valence-electron chi connectivity index (χ3n) is 6.08. The lowest BCUT2D eigenvalue weighted by molar-refractivity contribution is -0.126. The zero-order chi connectivity index (χ0) is 26.7. The van der Waals surface area contributed by atoms with Crippen molar-refractivity contribution in [1.82, 2.24) is 20.2 Å². The highest BCUT2D eigenvalue weighted by molar-refractivity contribution is 6.34. The highest BCUT2D eigenvalue weighted by Gasteiger charge is 2.27. The van der Waals surface area contributed by atoms with Gasteiger partial charge < -0.3 is 25.5 Å². The van der Waals surface area contributed by atoms with E-state index in [4.69, 9.17) is 11.6 Å². The van der Waals surface area contributed by atoms with Gasteiger partial charge in [0, 0.05) is 57.1 Å². The first-order valence-corrected chi connectivity index (χ1v) is 11.9. The van der Waals surface area contributed by atoms with Gasteiger partial charge in [0.25, 0.3) is 0 Å². The molecule has 0 radical (unpaired) electrons. The molecular formula is C25H25ClF2N6O3. The highest BCUT2D eigenvalue weighted by Crippen LogP contribution is 2.42. The van der Waals surface area contributed by atoms with E-state index in [0.29, 0.717) is 32.0 Å². The number of hydrogen-bond acceptors (Lipinski definition) is 7. The van der Waals surface area contributed by atoms with Crippen LogP contribution in [0.3, 0.4) is 0 Å².